The van der Waals surface area contributed by atoms with Crippen LogP contribution in [0.25, 0.3) is 11.3 Å². The van der Waals surface area contributed by atoms with Crippen LogP contribution in [0.15, 0.2) is 59.0 Å². The Labute approximate surface area is 156 Å². The number of benzene rings is 2. The lowest BCUT2D eigenvalue weighted by atomic mass is 10.2. The van der Waals surface area contributed by atoms with Gasteiger partial charge in [-0.25, -0.2) is 0 Å². The first-order valence-corrected chi connectivity index (χ1v) is 8.68. The largest absolute Gasteiger partial charge is 0.461 e. The second-order valence-electron chi connectivity index (χ2n) is 5.74. The van der Waals surface area contributed by atoms with Crippen molar-refractivity contribution in [2.24, 2.45) is 0 Å². The number of hydrogen-bond acceptors (Lipinski definition) is 2. The molecule has 0 bridgehead atoms. The normalized spacial score (nSPS) is 10.7. The fourth-order valence-corrected chi connectivity index (χ4v) is 2.87. The van der Waals surface area contributed by atoms with Gasteiger partial charge in [0.05, 0.1) is 0 Å². The van der Waals surface area contributed by atoms with E-state index >= 15 is 0 Å². The van der Waals surface area contributed by atoms with Gasteiger partial charge >= 0.3 is 0 Å². The molecule has 1 N–H and O–H groups in total. The third-order valence-corrected chi connectivity index (χ3v) is 4.56. The van der Waals surface area contributed by atoms with Crippen molar-refractivity contribution in [3.8, 4) is 11.3 Å². The van der Waals surface area contributed by atoms with Gasteiger partial charge in [0.25, 0.3) is 0 Å². The van der Waals surface area contributed by atoms with Gasteiger partial charge in [-0.15, -0.1) is 0 Å². The highest BCUT2D eigenvalue weighted by molar-refractivity contribution is 6.31. The summed E-state index contributed by atoms with van der Waals surface area (Å²) in [6.07, 6.45) is 0.848. The lowest BCUT2D eigenvalue weighted by Crippen LogP contribution is -2.13. The molecule has 1 aromatic heterocycles. The van der Waals surface area contributed by atoms with Gasteiger partial charge in [-0.3, -0.25) is 4.79 Å². The number of furan rings is 1. The maximum Gasteiger partial charge on any atom is 0.224 e. The summed E-state index contributed by atoms with van der Waals surface area (Å²) in [5, 5.41) is 4.18. The quantitative estimate of drug-likeness (QED) is 0.583. The molecule has 1 heterocycles. The number of rotatable bonds is 5. The molecule has 3 nitrogen and oxygen atoms in total. The number of hydrogen-bond donors (Lipinski definition) is 1. The van der Waals surface area contributed by atoms with Gasteiger partial charge in [0, 0.05) is 34.1 Å². The van der Waals surface area contributed by atoms with Gasteiger partial charge in [0.1, 0.15) is 11.5 Å². The van der Waals surface area contributed by atoms with Crippen molar-refractivity contribution < 1.29 is 9.21 Å². The van der Waals surface area contributed by atoms with E-state index in [2.05, 4.69) is 5.32 Å². The van der Waals surface area contributed by atoms with Crippen LogP contribution in [0.2, 0.25) is 10.0 Å². The zero-order chi connectivity index (χ0) is 17.8. The van der Waals surface area contributed by atoms with E-state index in [0.29, 0.717) is 22.9 Å². The number of nitrogens with one attached hydrogen (secondary N) is 1. The minimum Gasteiger partial charge on any atom is -0.461 e. The molecule has 0 saturated heterocycles. The van der Waals surface area contributed by atoms with E-state index in [-0.39, 0.29) is 5.91 Å². The zero-order valence-corrected chi connectivity index (χ0v) is 15.2. The Bertz CT molecular complexity index is 902. The highest BCUT2D eigenvalue weighted by Crippen LogP contribution is 2.26. The van der Waals surface area contributed by atoms with Crippen molar-refractivity contribution in [2.75, 3.05) is 5.32 Å². The van der Waals surface area contributed by atoms with Gasteiger partial charge in [0.15, 0.2) is 0 Å². The molecule has 3 rings (SSSR count). The molecule has 1 amide bonds. The number of anilines is 1. The molecule has 5 heteroatoms. The van der Waals surface area contributed by atoms with Gasteiger partial charge in [-0.1, -0.05) is 41.4 Å². The number of amides is 1. The first kappa shape index (κ1) is 17.6. The first-order valence-electron chi connectivity index (χ1n) is 7.92. The first-order chi connectivity index (χ1) is 12.0. The average molecular weight is 374 g/mol. The van der Waals surface area contributed by atoms with Crippen molar-refractivity contribution in [2.45, 2.75) is 19.8 Å². The fraction of sp³-hybridized carbons (Fsp3) is 0.150. The molecule has 0 aliphatic carbocycles. The molecule has 25 heavy (non-hydrogen) atoms. The van der Waals surface area contributed by atoms with E-state index in [4.69, 9.17) is 27.6 Å². The summed E-state index contributed by atoms with van der Waals surface area (Å²) in [6, 6.07) is 16.7. The zero-order valence-electron chi connectivity index (χ0n) is 13.7. The summed E-state index contributed by atoms with van der Waals surface area (Å²) in [6.45, 7) is 1.88. The van der Waals surface area contributed by atoms with Crippen LogP contribution in [0.5, 0.6) is 0 Å². The molecule has 2 aromatic carbocycles. The Kier molecular flexibility index (Phi) is 5.47. The summed E-state index contributed by atoms with van der Waals surface area (Å²) in [7, 11) is 0. The summed E-state index contributed by atoms with van der Waals surface area (Å²) in [4.78, 5) is 12.2. The average Bonchev–Trinajstić information content (AvgIpc) is 3.06. The van der Waals surface area contributed by atoms with E-state index < -0.39 is 0 Å². The molecule has 3 aromatic rings. The van der Waals surface area contributed by atoms with Crippen LogP contribution >= 0.6 is 23.2 Å². The van der Waals surface area contributed by atoms with Crippen LogP contribution in [-0.4, -0.2) is 5.91 Å². The van der Waals surface area contributed by atoms with Crippen LogP contribution in [0, 0.1) is 6.92 Å². The number of halogens is 2. The lowest BCUT2D eigenvalue weighted by Gasteiger charge is -2.09. The van der Waals surface area contributed by atoms with Crippen LogP contribution in [-0.2, 0) is 11.2 Å². The van der Waals surface area contributed by atoms with Crippen LogP contribution in [0.4, 0.5) is 5.69 Å². The minimum absolute atomic E-state index is 0.0777. The molecule has 0 saturated carbocycles. The maximum atomic E-state index is 12.2. The maximum absolute atomic E-state index is 12.2. The molecular formula is C20H17Cl2NO2. The predicted molar refractivity (Wildman–Crippen MR) is 102 cm³/mol. The van der Waals surface area contributed by atoms with Gasteiger partial charge < -0.3 is 9.73 Å². The van der Waals surface area contributed by atoms with Crippen LogP contribution in [0.3, 0.4) is 0 Å². The highest BCUT2D eigenvalue weighted by atomic mass is 35.5. The van der Waals surface area contributed by atoms with Crippen molar-refractivity contribution in [3.63, 3.8) is 0 Å². The fourth-order valence-electron chi connectivity index (χ4n) is 2.50. The van der Waals surface area contributed by atoms with Crippen LogP contribution in [0.1, 0.15) is 17.7 Å². The molecule has 0 radical (unpaired) electrons. The van der Waals surface area contributed by atoms with E-state index in [1.807, 2.05) is 55.5 Å². The minimum atomic E-state index is -0.0777. The molecule has 0 fully saturated rings. The topological polar surface area (TPSA) is 42.2 Å². The van der Waals surface area contributed by atoms with E-state index in [0.717, 1.165) is 28.3 Å². The Morgan fingerprint density at radius 1 is 1.08 bits per heavy atom. The second kappa shape index (κ2) is 7.77. The van der Waals surface area contributed by atoms with Crippen LogP contribution < -0.4 is 5.32 Å². The van der Waals surface area contributed by atoms with E-state index in [1.165, 1.54) is 0 Å². The molecule has 0 atom stereocenters. The van der Waals surface area contributed by atoms with Gasteiger partial charge in [0.2, 0.25) is 5.91 Å². The summed E-state index contributed by atoms with van der Waals surface area (Å²) in [5.74, 6) is 1.42. The Morgan fingerprint density at radius 2 is 1.88 bits per heavy atom. The van der Waals surface area contributed by atoms with Crippen molar-refractivity contribution in [1.82, 2.24) is 0 Å². The smallest absolute Gasteiger partial charge is 0.224 e. The third-order valence-electron chi connectivity index (χ3n) is 3.91. The summed E-state index contributed by atoms with van der Waals surface area (Å²) >= 11 is 12.1. The van der Waals surface area contributed by atoms with Crippen molar-refractivity contribution in [3.05, 3.63) is 76.0 Å². The lowest BCUT2D eigenvalue weighted by molar-refractivity contribution is -0.116. The Balaban J connectivity index is 1.60. The van der Waals surface area contributed by atoms with E-state index in [9.17, 15) is 4.79 Å². The number of carbonyl (C=O) groups excluding carboxylic acids is 1. The predicted octanol–water partition coefficient (Wildman–Crippen LogP) is 6.13. The SMILES string of the molecule is Cc1c(Cl)cccc1NC(=O)CCc1ccc(-c2cccc(Cl)c2)o1. The molecule has 128 valence electrons. The summed E-state index contributed by atoms with van der Waals surface area (Å²) in [5.41, 5.74) is 2.51. The van der Waals surface area contributed by atoms with Crippen molar-refractivity contribution in [1.29, 1.82) is 0 Å². The molecular weight excluding hydrogens is 357 g/mol. The highest BCUT2D eigenvalue weighted by Gasteiger charge is 2.10. The Hall–Kier alpha value is -2.23. The number of aryl methyl sites for hydroxylation is 1. The third kappa shape index (κ3) is 4.44. The molecule has 0 spiro atoms. The summed E-state index contributed by atoms with van der Waals surface area (Å²) < 4.78 is 5.81. The van der Waals surface area contributed by atoms with Gasteiger partial charge in [-0.05, 0) is 48.9 Å². The number of carbonyl (C=O) groups is 1. The molecule has 0 aliphatic rings. The molecule has 0 unspecified atom stereocenters. The van der Waals surface area contributed by atoms with Gasteiger partial charge in [-0.2, -0.15) is 0 Å². The monoisotopic (exact) mass is 373 g/mol. The van der Waals surface area contributed by atoms with E-state index in [1.54, 1.807) is 6.07 Å². The second-order valence-corrected chi connectivity index (χ2v) is 6.58. The van der Waals surface area contributed by atoms with Crippen molar-refractivity contribution >= 4 is 34.8 Å². The Morgan fingerprint density at radius 3 is 2.68 bits per heavy atom. The molecule has 0 aliphatic heterocycles. The standard InChI is InChI=1S/C20H17Cl2NO2/c1-13-17(22)6-3-7-18(13)23-20(24)11-9-16-8-10-19(25-16)14-4-2-5-15(21)12-14/h2-8,10,12H,9,11H2,1H3,(H,23,24).